The van der Waals surface area contributed by atoms with Crippen molar-refractivity contribution in [2.24, 2.45) is 10.9 Å². The Bertz CT molecular complexity index is 807. The lowest BCUT2D eigenvalue weighted by Crippen LogP contribution is -2.30. The molecule has 3 heterocycles. The van der Waals surface area contributed by atoms with Crippen LogP contribution in [-0.4, -0.2) is 32.3 Å². The number of hydrogen-bond donors (Lipinski definition) is 3. The van der Waals surface area contributed by atoms with Crippen LogP contribution in [0.1, 0.15) is 43.9 Å². The molecule has 1 saturated carbocycles. The Hall–Kier alpha value is -2.63. The fraction of sp³-hybridized carbons (Fsp3) is 0.389. The summed E-state index contributed by atoms with van der Waals surface area (Å²) >= 11 is 0. The maximum absolute atomic E-state index is 10.1. The van der Waals surface area contributed by atoms with Gasteiger partial charge in [-0.1, -0.05) is 19.8 Å². The fourth-order valence-corrected chi connectivity index (χ4v) is 3.45. The number of H-pyrrole nitrogens is 1. The number of aromatic hydroxyl groups is 1. The second kappa shape index (κ2) is 6.11. The molecule has 2 aromatic heterocycles. The largest absolute Gasteiger partial charge is 0.492 e. The molecule has 4 rings (SSSR count). The fourth-order valence-electron chi connectivity index (χ4n) is 3.45. The van der Waals surface area contributed by atoms with Gasteiger partial charge in [-0.3, -0.25) is 0 Å². The lowest BCUT2D eigenvalue weighted by molar-refractivity contribution is 0.348. The summed E-state index contributed by atoms with van der Waals surface area (Å²) in [6.45, 7) is 2.27. The molecule has 0 saturated heterocycles. The molecular weight excluding hydrogens is 302 g/mol. The van der Waals surface area contributed by atoms with Crippen LogP contribution >= 0.6 is 0 Å². The lowest BCUT2D eigenvalue weighted by atomic mass is 9.86. The minimum atomic E-state index is -0.000738. The second-order valence-corrected chi connectivity index (χ2v) is 6.57. The van der Waals surface area contributed by atoms with Crippen LogP contribution in [0.2, 0.25) is 0 Å². The topological polar surface area (TPSA) is 86.2 Å². The Morgan fingerprint density at radius 2 is 2.21 bits per heavy atom. The monoisotopic (exact) mass is 323 g/mol. The number of aliphatic imine (C=N–C) groups is 1. The minimum absolute atomic E-state index is 0.000738. The first kappa shape index (κ1) is 14.9. The van der Waals surface area contributed by atoms with E-state index in [4.69, 9.17) is 0 Å². The summed E-state index contributed by atoms with van der Waals surface area (Å²) in [5.74, 6) is 1.95. The van der Waals surface area contributed by atoms with Gasteiger partial charge in [0.05, 0.1) is 0 Å². The number of hydrogen-bond acceptors (Lipinski definition) is 5. The number of rotatable bonds is 3. The van der Waals surface area contributed by atoms with Gasteiger partial charge in [0.1, 0.15) is 5.69 Å². The van der Waals surface area contributed by atoms with Crippen molar-refractivity contribution in [1.29, 1.82) is 0 Å². The van der Waals surface area contributed by atoms with E-state index in [0.29, 0.717) is 29.4 Å². The van der Waals surface area contributed by atoms with Crippen LogP contribution in [0.5, 0.6) is 5.88 Å². The first-order chi connectivity index (χ1) is 11.7. The van der Waals surface area contributed by atoms with Crippen molar-refractivity contribution in [3.63, 3.8) is 0 Å². The van der Waals surface area contributed by atoms with Gasteiger partial charge in [0.25, 0.3) is 0 Å². The zero-order chi connectivity index (χ0) is 16.5. The second-order valence-electron chi connectivity index (χ2n) is 6.57. The number of fused-ring (bicyclic) bond motifs is 1. The maximum atomic E-state index is 10.1. The molecule has 2 atom stereocenters. The van der Waals surface area contributed by atoms with Crippen molar-refractivity contribution in [2.45, 2.75) is 38.6 Å². The SMILES string of the molecule is CC1CCCCC1Nc1nc(O)c(C=C2C=Nc3ncccc32)[nH]1. The van der Waals surface area contributed by atoms with Crippen LogP contribution in [0.25, 0.3) is 11.6 Å². The van der Waals surface area contributed by atoms with Gasteiger partial charge in [-0.05, 0) is 37.0 Å². The molecule has 0 radical (unpaired) electrons. The number of aromatic amines is 1. The van der Waals surface area contributed by atoms with E-state index < -0.39 is 0 Å². The third-order valence-corrected chi connectivity index (χ3v) is 4.87. The van der Waals surface area contributed by atoms with Crippen LogP contribution in [0, 0.1) is 5.92 Å². The van der Waals surface area contributed by atoms with Gasteiger partial charge in [0, 0.05) is 29.6 Å². The molecule has 1 fully saturated rings. The summed E-state index contributed by atoms with van der Waals surface area (Å²) in [5.41, 5.74) is 2.45. The van der Waals surface area contributed by atoms with Crippen LogP contribution < -0.4 is 5.32 Å². The molecule has 3 N–H and O–H groups in total. The highest BCUT2D eigenvalue weighted by molar-refractivity contribution is 6.20. The number of nitrogens with zero attached hydrogens (tertiary/aromatic N) is 3. The van der Waals surface area contributed by atoms with Crippen LogP contribution in [0.3, 0.4) is 0 Å². The lowest BCUT2D eigenvalue weighted by Gasteiger charge is -2.29. The molecule has 124 valence electrons. The standard InChI is InChI=1S/C18H21N5O/c1-11-5-2-3-7-14(11)21-18-22-15(17(24)23-18)9-12-10-20-16-13(12)6-4-8-19-16/h4,6,8-11,14,24H,2-3,5,7H2,1H3,(H2,21,22,23). The van der Waals surface area contributed by atoms with E-state index in [0.717, 1.165) is 17.6 Å². The van der Waals surface area contributed by atoms with Crippen molar-refractivity contribution < 1.29 is 5.11 Å². The number of imidazole rings is 1. The normalized spacial score (nSPS) is 24.3. The van der Waals surface area contributed by atoms with Crippen molar-refractivity contribution >= 4 is 29.6 Å². The maximum Gasteiger partial charge on any atom is 0.238 e. The predicted molar refractivity (Wildman–Crippen MR) is 95.6 cm³/mol. The highest BCUT2D eigenvalue weighted by Crippen LogP contribution is 2.32. The Labute approximate surface area is 140 Å². The molecule has 6 nitrogen and oxygen atoms in total. The molecule has 0 spiro atoms. The van der Waals surface area contributed by atoms with E-state index in [2.05, 4.69) is 32.2 Å². The summed E-state index contributed by atoms with van der Waals surface area (Å²) < 4.78 is 0. The van der Waals surface area contributed by atoms with Crippen molar-refractivity contribution in [2.75, 3.05) is 5.32 Å². The van der Waals surface area contributed by atoms with E-state index in [1.165, 1.54) is 19.3 Å². The highest BCUT2D eigenvalue weighted by Gasteiger charge is 2.22. The molecular formula is C18H21N5O. The third-order valence-electron chi connectivity index (χ3n) is 4.87. The zero-order valence-electron chi connectivity index (χ0n) is 13.7. The molecule has 1 aliphatic heterocycles. The average molecular weight is 323 g/mol. The zero-order valence-corrected chi connectivity index (χ0v) is 13.7. The quantitative estimate of drug-likeness (QED) is 0.803. The Kier molecular flexibility index (Phi) is 3.80. The molecule has 0 aromatic carbocycles. The summed E-state index contributed by atoms with van der Waals surface area (Å²) in [6, 6.07) is 4.26. The van der Waals surface area contributed by atoms with Gasteiger partial charge in [-0.2, -0.15) is 4.98 Å². The van der Waals surface area contributed by atoms with Gasteiger partial charge in [-0.25, -0.2) is 9.98 Å². The van der Waals surface area contributed by atoms with E-state index in [1.807, 2.05) is 18.2 Å². The number of aromatic nitrogens is 3. The average Bonchev–Trinajstić information content (AvgIpc) is 3.14. The predicted octanol–water partition coefficient (Wildman–Crippen LogP) is 3.76. The molecule has 0 bridgehead atoms. The van der Waals surface area contributed by atoms with Crippen molar-refractivity contribution in [3.05, 3.63) is 29.6 Å². The molecule has 1 aliphatic carbocycles. The molecule has 6 heteroatoms. The number of allylic oxidation sites excluding steroid dienone is 1. The van der Waals surface area contributed by atoms with Gasteiger partial charge < -0.3 is 15.4 Å². The minimum Gasteiger partial charge on any atom is -0.492 e. The molecule has 2 aromatic rings. The Morgan fingerprint density at radius 3 is 3.08 bits per heavy atom. The van der Waals surface area contributed by atoms with Gasteiger partial charge in [-0.15, -0.1) is 0 Å². The first-order valence-corrected chi connectivity index (χ1v) is 8.47. The first-order valence-electron chi connectivity index (χ1n) is 8.47. The summed E-state index contributed by atoms with van der Waals surface area (Å²) in [4.78, 5) is 15.9. The van der Waals surface area contributed by atoms with Crippen LogP contribution in [-0.2, 0) is 0 Å². The number of nitrogens with one attached hydrogen (secondary N) is 2. The summed E-state index contributed by atoms with van der Waals surface area (Å²) in [5, 5.41) is 13.6. The Morgan fingerprint density at radius 1 is 1.33 bits per heavy atom. The van der Waals surface area contributed by atoms with Gasteiger partial charge in [0.15, 0.2) is 5.82 Å². The van der Waals surface area contributed by atoms with Crippen LogP contribution in [0.4, 0.5) is 11.8 Å². The van der Waals surface area contributed by atoms with E-state index >= 15 is 0 Å². The van der Waals surface area contributed by atoms with Crippen molar-refractivity contribution in [3.8, 4) is 5.88 Å². The van der Waals surface area contributed by atoms with Crippen LogP contribution in [0.15, 0.2) is 23.3 Å². The number of pyridine rings is 1. The Balaban J connectivity index is 1.56. The molecule has 24 heavy (non-hydrogen) atoms. The summed E-state index contributed by atoms with van der Waals surface area (Å²) in [7, 11) is 0. The highest BCUT2D eigenvalue weighted by atomic mass is 16.3. The van der Waals surface area contributed by atoms with E-state index in [-0.39, 0.29) is 5.88 Å². The molecule has 0 amide bonds. The van der Waals surface area contributed by atoms with Gasteiger partial charge >= 0.3 is 0 Å². The van der Waals surface area contributed by atoms with Crippen molar-refractivity contribution in [1.82, 2.24) is 15.0 Å². The smallest absolute Gasteiger partial charge is 0.238 e. The number of anilines is 1. The molecule has 2 aliphatic rings. The van der Waals surface area contributed by atoms with Gasteiger partial charge in [0.2, 0.25) is 11.8 Å². The van der Waals surface area contributed by atoms with E-state index in [1.54, 1.807) is 12.4 Å². The summed E-state index contributed by atoms with van der Waals surface area (Å²) in [6.07, 6.45) is 10.3. The molecule has 2 unspecified atom stereocenters. The van der Waals surface area contributed by atoms with E-state index in [9.17, 15) is 5.11 Å². The third kappa shape index (κ3) is 2.79.